The molecule has 1 fully saturated rings. The summed E-state index contributed by atoms with van der Waals surface area (Å²) in [6.45, 7) is 4.90. The SMILES string of the molecule is CC(C)CN1C(=O)CC(N)C1c1ncc(Br)cc1Br. The van der Waals surface area contributed by atoms with Gasteiger partial charge in [-0.3, -0.25) is 9.78 Å². The van der Waals surface area contributed by atoms with Gasteiger partial charge < -0.3 is 10.6 Å². The van der Waals surface area contributed by atoms with Crippen LogP contribution in [-0.4, -0.2) is 28.4 Å². The molecule has 1 amide bonds. The van der Waals surface area contributed by atoms with E-state index in [1.807, 2.05) is 11.0 Å². The van der Waals surface area contributed by atoms with Crippen molar-refractivity contribution in [3.05, 3.63) is 26.9 Å². The molecular formula is C13H17Br2N3O. The Bertz CT molecular complexity index is 493. The normalized spacial score (nSPS) is 23.5. The van der Waals surface area contributed by atoms with Gasteiger partial charge in [-0.15, -0.1) is 0 Å². The maximum absolute atomic E-state index is 12.1. The van der Waals surface area contributed by atoms with E-state index < -0.39 is 0 Å². The van der Waals surface area contributed by atoms with Gasteiger partial charge in [0.05, 0.1) is 11.7 Å². The summed E-state index contributed by atoms with van der Waals surface area (Å²) in [6.07, 6.45) is 2.13. The van der Waals surface area contributed by atoms with Crippen LogP contribution < -0.4 is 5.73 Å². The number of carbonyl (C=O) groups is 1. The van der Waals surface area contributed by atoms with Gasteiger partial charge in [0.15, 0.2) is 0 Å². The van der Waals surface area contributed by atoms with E-state index in [1.54, 1.807) is 6.20 Å². The number of hydrogen-bond acceptors (Lipinski definition) is 3. The van der Waals surface area contributed by atoms with E-state index in [9.17, 15) is 4.79 Å². The second kappa shape index (κ2) is 5.89. The van der Waals surface area contributed by atoms with Gasteiger partial charge in [-0.25, -0.2) is 0 Å². The van der Waals surface area contributed by atoms with E-state index in [1.165, 1.54) is 0 Å². The number of pyridine rings is 1. The molecule has 0 aliphatic carbocycles. The Morgan fingerprint density at radius 1 is 1.53 bits per heavy atom. The topological polar surface area (TPSA) is 59.2 Å². The molecule has 0 spiro atoms. The van der Waals surface area contributed by atoms with Crippen molar-refractivity contribution in [2.45, 2.75) is 32.4 Å². The molecule has 6 heteroatoms. The van der Waals surface area contributed by atoms with E-state index in [-0.39, 0.29) is 18.0 Å². The van der Waals surface area contributed by atoms with Crippen LogP contribution in [0.25, 0.3) is 0 Å². The second-order valence-electron chi connectivity index (χ2n) is 5.27. The highest BCUT2D eigenvalue weighted by Gasteiger charge is 2.40. The van der Waals surface area contributed by atoms with E-state index in [2.05, 4.69) is 50.7 Å². The summed E-state index contributed by atoms with van der Waals surface area (Å²) >= 11 is 6.90. The molecule has 2 atom stereocenters. The Morgan fingerprint density at radius 3 is 2.79 bits per heavy atom. The number of rotatable bonds is 3. The van der Waals surface area contributed by atoms with Crippen LogP contribution in [0, 0.1) is 5.92 Å². The molecule has 1 saturated heterocycles. The van der Waals surface area contributed by atoms with E-state index in [0.717, 1.165) is 14.6 Å². The van der Waals surface area contributed by atoms with Gasteiger partial charge in [0.25, 0.3) is 0 Å². The fourth-order valence-corrected chi connectivity index (χ4v) is 3.64. The number of nitrogens with two attached hydrogens (primary N) is 1. The molecule has 19 heavy (non-hydrogen) atoms. The third-order valence-corrected chi connectivity index (χ3v) is 4.22. The van der Waals surface area contributed by atoms with Gasteiger partial charge in [-0.1, -0.05) is 13.8 Å². The van der Waals surface area contributed by atoms with Crippen LogP contribution in [0.15, 0.2) is 21.2 Å². The van der Waals surface area contributed by atoms with Crippen molar-refractivity contribution < 1.29 is 4.79 Å². The molecular weight excluding hydrogens is 374 g/mol. The molecule has 0 radical (unpaired) electrons. The summed E-state index contributed by atoms with van der Waals surface area (Å²) in [5.74, 6) is 0.522. The monoisotopic (exact) mass is 389 g/mol. The Balaban J connectivity index is 2.36. The molecule has 0 aromatic carbocycles. The average Bonchev–Trinajstić information content (AvgIpc) is 2.54. The zero-order valence-electron chi connectivity index (χ0n) is 10.9. The molecule has 1 aliphatic rings. The standard InChI is InChI=1S/C13H17Br2N3O/c1-7(2)6-18-11(19)4-10(16)13(18)12-9(15)3-8(14)5-17-12/h3,5,7,10,13H,4,6,16H2,1-2H3. The number of nitrogens with zero attached hydrogens (tertiary/aromatic N) is 2. The van der Waals surface area contributed by atoms with Crippen LogP contribution in [0.4, 0.5) is 0 Å². The van der Waals surface area contributed by atoms with Crippen molar-refractivity contribution >= 4 is 37.8 Å². The lowest BCUT2D eigenvalue weighted by Gasteiger charge is -2.28. The number of aromatic nitrogens is 1. The molecule has 1 aliphatic heterocycles. The molecule has 0 saturated carbocycles. The summed E-state index contributed by atoms with van der Waals surface area (Å²) in [5, 5.41) is 0. The highest BCUT2D eigenvalue weighted by atomic mass is 79.9. The summed E-state index contributed by atoms with van der Waals surface area (Å²) < 4.78 is 1.78. The van der Waals surface area contributed by atoms with Gasteiger partial charge in [-0.05, 0) is 43.8 Å². The van der Waals surface area contributed by atoms with Crippen molar-refractivity contribution in [1.82, 2.24) is 9.88 Å². The van der Waals surface area contributed by atoms with Crippen LogP contribution in [0.2, 0.25) is 0 Å². The fourth-order valence-electron chi connectivity index (χ4n) is 2.42. The number of carbonyl (C=O) groups excluding carboxylic acids is 1. The van der Waals surface area contributed by atoms with E-state index >= 15 is 0 Å². The lowest BCUT2D eigenvalue weighted by molar-refractivity contribution is -0.129. The van der Waals surface area contributed by atoms with Crippen molar-refractivity contribution in [2.24, 2.45) is 11.7 Å². The number of amides is 1. The van der Waals surface area contributed by atoms with Crippen molar-refractivity contribution in [2.75, 3.05) is 6.54 Å². The molecule has 104 valence electrons. The highest BCUT2D eigenvalue weighted by Crippen LogP contribution is 2.36. The van der Waals surface area contributed by atoms with E-state index in [4.69, 9.17) is 5.73 Å². The van der Waals surface area contributed by atoms with Crippen molar-refractivity contribution in [3.8, 4) is 0 Å². The first-order valence-electron chi connectivity index (χ1n) is 6.26. The maximum Gasteiger partial charge on any atom is 0.224 e. The predicted molar refractivity (Wildman–Crippen MR) is 81.5 cm³/mol. The molecule has 2 heterocycles. The number of halogens is 2. The number of likely N-dealkylation sites (tertiary alicyclic amines) is 1. The van der Waals surface area contributed by atoms with Gasteiger partial charge in [-0.2, -0.15) is 0 Å². The van der Waals surface area contributed by atoms with Crippen molar-refractivity contribution in [3.63, 3.8) is 0 Å². The first-order valence-corrected chi connectivity index (χ1v) is 7.84. The van der Waals surface area contributed by atoms with Gasteiger partial charge in [0, 0.05) is 34.1 Å². The molecule has 1 aromatic rings. The molecule has 0 bridgehead atoms. The average molecular weight is 391 g/mol. The highest BCUT2D eigenvalue weighted by molar-refractivity contribution is 9.11. The molecule has 1 aromatic heterocycles. The molecule has 2 N–H and O–H groups in total. The molecule has 2 rings (SSSR count). The largest absolute Gasteiger partial charge is 0.332 e. The third-order valence-electron chi connectivity index (χ3n) is 3.15. The van der Waals surface area contributed by atoms with Crippen LogP contribution >= 0.6 is 31.9 Å². The summed E-state index contributed by atoms with van der Waals surface area (Å²) in [5.41, 5.74) is 6.97. The summed E-state index contributed by atoms with van der Waals surface area (Å²) in [7, 11) is 0. The minimum absolute atomic E-state index is 0.114. The maximum atomic E-state index is 12.1. The van der Waals surface area contributed by atoms with E-state index in [0.29, 0.717) is 18.9 Å². The van der Waals surface area contributed by atoms with Crippen LogP contribution in [0.5, 0.6) is 0 Å². The van der Waals surface area contributed by atoms with Gasteiger partial charge >= 0.3 is 0 Å². The first-order chi connectivity index (χ1) is 8.90. The zero-order chi connectivity index (χ0) is 14.2. The number of hydrogen-bond donors (Lipinski definition) is 1. The Hall–Kier alpha value is -0.460. The fraction of sp³-hybridized carbons (Fsp3) is 0.538. The zero-order valence-corrected chi connectivity index (χ0v) is 14.1. The third kappa shape index (κ3) is 3.17. The quantitative estimate of drug-likeness (QED) is 0.863. The summed E-state index contributed by atoms with van der Waals surface area (Å²) in [4.78, 5) is 18.4. The Morgan fingerprint density at radius 2 is 2.21 bits per heavy atom. The molecule has 2 unspecified atom stereocenters. The summed E-state index contributed by atoms with van der Waals surface area (Å²) in [6, 6.07) is 1.60. The Labute approximate surface area is 130 Å². The lowest BCUT2D eigenvalue weighted by Crippen LogP contribution is -2.36. The van der Waals surface area contributed by atoms with Crippen LogP contribution in [0.3, 0.4) is 0 Å². The predicted octanol–water partition coefficient (Wildman–Crippen LogP) is 2.86. The molecule has 4 nitrogen and oxygen atoms in total. The lowest BCUT2D eigenvalue weighted by atomic mass is 10.1. The first kappa shape index (κ1) is 14.9. The van der Waals surface area contributed by atoms with Gasteiger partial charge in [0.1, 0.15) is 0 Å². The second-order valence-corrected chi connectivity index (χ2v) is 7.04. The van der Waals surface area contributed by atoms with Crippen molar-refractivity contribution in [1.29, 1.82) is 0 Å². The van der Waals surface area contributed by atoms with Gasteiger partial charge in [0.2, 0.25) is 5.91 Å². The smallest absolute Gasteiger partial charge is 0.224 e. The minimum atomic E-state index is -0.198. The minimum Gasteiger partial charge on any atom is -0.332 e. The Kier molecular flexibility index (Phi) is 4.63. The van der Waals surface area contributed by atoms with Crippen LogP contribution in [-0.2, 0) is 4.79 Å². The van der Waals surface area contributed by atoms with Crippen LogP contribution in [0.1, 0.15) is 32.0 Å².